The normalized spacial score (nSPS) is 19.7. The number of benzene rings is 1. The highest BCUT2D eigenvalue weighted by Crippen LogP contribution is 2.31. The summed E-state index contributed by atoms with van der Waals surface area (Å²) in [4.78, 5) is 27.2. The van der Waals surface area contributed by atoms with Crippen LogP contribution in [0.4, 0.5) is 0 Å². The smallest absolute Gasteiger partial charge is 0.290 e. The van der Waals surface area contributed by atoms with Gasteiger partial charge < -0.3 is 14.1 Å². The largest absolute Gasteiger partial charge is 0.484 e. The van der Waals surface area contributed by atoms with E-state index in [-0.39, 0.29) is 24.5 Å². The van der Waals surface area contributed by atoms with E-state index in [1.165, 1.54) is 0 Å². The molecule has 1 unspecified atom stereocenters. The summed E-state index contributed by atoms with van der Waals surface area (Å²) in [5.74, 6) is 1.45. The fraction of sp³-hybridized carbons (Fsp3) is 0.458. The fourth-order valence-electron chi connectivity index (χ4n) is 4.34. The van der Waals surface area contributed by atoms with Crippen LogP contribution >= 0.6 is 0 Å². The molecule has 7 nitrogen and oxygen atoms in total. The van der Waals surface area contributed by atoms with Crippen LogP contribution in [0.5, 0.6) is 5.75 Å². The highest BCUT2D eigenvalue weighted by molar-refractivity contribution is 6.06. The Kier molecular flexibility index (Phi) is 6.39. The van der Waals surface area contributed by atoms with Crippen LogP contribution in [0.2, 0.25) is 0 Å². The molecule has 1 saturated heterocycles. The lowest BCUT2D eigenvalue weighted by Crippen LogP contribution is -2.42. The zero-order valence-corrected chi connectivity index (χ0v) is 18.1. The molecule has 0 radical (unpaired) electrons. The number of hydrogen-bond acceptors (Lipinski definition) is 5. The van der Waals surface area contributed by atoms with Crippen LogP contribution < -0.4 is 10.2 Å². The first-order chi connectivity index (χ1) is 15.0. The van der Waals surface area contributed by atoms with Crippen LogP contribution in [0.3, 0.4) is 0 Å². The summed E-state index contributed by atoms with van der Waals surface area (Å²) >= 11 is 0. The van der Waals surface area contributed by atoms with Crippen molar-refractivity contribution >= 4 is 17.5 Å². The lowest BCUT2D eigenvalue weighted by atomic mass is 9.93. The molecule has 2 amide bonds. The molecule has 1 aliphatic heterocycles. The lowest BCUT2D eigenvalue weighted by Gasteiger charge is -2.32. The molecule has 1 aromatic carbocycles. The zero-order chi connectivity index (χ0) is 21.8. The fourth-order valence-corrected chi connectivity index (χ4v) is 4.34. The van der Waals surface area contributed by atoms with Crippen LogP contribution in [0, 0.1) is 6.92 Å². The Hall–Kier alpha value is -3.09. The van der Waals surface area contributed by atoms with E-state index in [1.54, 1.807) is 12.1 Å². The van der Waals surface area contributed by atoms with Gasteiger partial charge in [0.1, 0.15) is 11.5 Å². The van der Waals surface area contributed by atoms with Gasteiger partial charge in [0.15, 0.2) is 12.4 Å². The number of fused-ring (bicyclic) bond motifs is 1. The van der Waals surface area contributed by atoms with E-state index in [4.69, 9.17) is 9.15 Å². The minimum absolute atomic E-state index is 0.0428. The number of ether oxygens (including phenoxy) is 1. The quantitative estimate of drug-likeness (QED) is 0.741. The number of para-hydroxylation sites is 1. The molecular formula is C24H29N3O4. The van der Waals surface area contributed by atoms with Gasteiger partial charge >= 0.3 is 0 Å². The maximum absolute atomic E-state index is 13.1. The van der Waals surface area contributed by atoms with E-state index in [2.05, 4.69) is 17.5 Å². The standard InChI is InChI=1S/C24H29N3O4/c1-16-9-6-7-14-27(16)24(29)23-17(2)22-19(12-8-13-20(22)31-23)25-26-21(28)15-30-18-10-4-3-5-11-18/h3-5,10-11,16H,6-9,12-15H2,1-2H3,(H,26,28)/b25-19+. The summed E-state index contributed by atoms with van der Waals surface area (Å²) in [6.45, 7) is 4.65. The van der Waals surface area contributed by atoms with Crippen LogP contribution in [0.1, 0.15) is 66.5 Å². The number of hydrazone groups is 1. The molecule has 1 N–H and O–H groups in total. The van der Waals surface area contributed by atoms with E-state index < -0.39 is 0 Å². The van der Waals surface area contributed by atoms with Crippen molar-refractivity contribution in [1.82, 2.24) is 10.3 Å². The number of furan rings is 1. The number of piperidine rings is 1. The van der Waals surface area contributed by atoms with Gasteiger partial charge in [-0.15, -0.1) is 0 Å². The van der Waals surface area contributed by atoms with Gasteiger partial charge in [-0.1, -0.05) is 18.2 Å². The lowest BCUT2D eigenvalue weighted by molar-refractivity contribution is -0.123. The second-order valence-electron chi connectivity index (χ2n) is 8.25. The predicted molar refractivity (Wildman–Crippen MR) is 117 cm³/mol. The molecule has 31 heavy (non-hydrogen) atoms. The number of aryl methyl sites for hydroxylation is 1. The third-order valence-corrected chi connectivity index (χ3v) is 6.01. The van der Waals surface area contributed by atoms with Gasteiger partial charge in [-0.2, -0.15) is 5.10 Å². The Morgan fingerprint density at radius 3 is 2.77 bits per heavy atom. The van der Waals surface area contributed by atoms with Crippen LogP contribution in [-0.2, 0) is 11.2 Å². The van der Waals surface area contributed by atoms with Crippen molar-refractivity contribution in [1.29, 1.82) is 0 Å². The van der Waals surface area contributed by atoms with Crippen molar-refractivity contribution in [2.24, 2.45) is 5.10 Å². The van der Waals surface area contributed by atoms with Gasteiger partial charge in [-0.25, -0.2) is 5.43 Å². The first-order valence-corrected chi connectivity index (χ1v) is 11.0. The molecule has 2 aromatic rings. The number of amides is 2. The second-order valence-corrected chi connectivity index (χ2v) is 8.25. The molecule has 164 valence electrons. The molecule has 2 aliphatic rings. The summed E-state index contributed by atoms with van der Waals surface area (Å²) in [6, 6.07) is 9.40. The molecule has 0 bridgehead atoms. The molecule has 2 heterocycles. The van der Waals surface area contributed by atoms with E-state index in [0.29, 0.717) is 11.5 Å². The van der Waals surface area contributed by atoms with E-state index in [0.717, 1.165) is 67.7 Å². The molecule has 0 spiro atoms. The molecule has 1 aromatic heterocycles. The Labute approximate surface area is 182 Å². The Morgan fingerprint density at radius 2 is 2.00 bits per heavy atom. The van der Waals surface area contributed by atoms with E-state index in [9.17, 15) is 9.59 Å². The van der Waals surface area contributed by atoms with E-state index in [1.807, 2.05) is 30.0 Å². The molecule has 7 heteroatoms. The van der Waals surface area contributed by atoms with Gasteiger partial charge in [0.05, 0.1) is 5.71 Å². The van der Waals surface area contributed by atoms with Crippen molar-refractivity contribution in [3.8, 4) is 5.75 Å². The Bertz CT molecular complexity index is 980. The maximum atomic E-state index is 13.1. The predicted octanol–water partition coefficient (Wildman–Crippen LogP) is 3.84. The van der Waals surface area contributed by atoms with Gasteiger partial charge in [0, 0.05) is 30.1 Å². The van der Waals surface area contributed by atoms with Crippen molar-refractivity contribution in [3.05, 3.63) is 53.0 Å². The molecular weight excluding hydrogens is 394 g/mol. The summed E-state index contributed by atoms with van der Waals surface area (Å²) in [7, 11) is 0. The van der Waals surface area contributed by atoms with Crippen LogP contribution in [0.25, 0.3) is 0 Å². The topological polar surface area (TPSA) is 84.1 Å². The maximum Gasteiger partial charge on any atom is 0.290 e. The molecule has 0 saturated carbocycles. The molecule has 1 aliphatic carbocycles. The first-order valence-electron chi connectivity index (χ1n) is 11.0. The minimum atomic E-state index is -0.330. The first kappa shape index (κ1) is 21.2. The van der Waals surface area contributed by atoms with Gasteiger partial charge in [-0.05, 0) is 58.1 Å². The average Bonchev–Trinajstić information content (AvgIpc) is 3.14. The number of hydrogen-bond donors (Lipinski definition) is 1. The Balaban J connectivity index is 1.47. The summed E-state index contributed by atoms with van der Waals surface area (Å²) in [5, 5.41) is 4.35. The number of rotatable bonds is 5. The Morgan fingerprint density at radius 1 is 1.19 bits per heavy atom. The van der Waals surface area contributed by atoms with E-state index >= 15 is 0 Å². The number of likely N-dealkylation sites (tertiary alicyclic amines) is 1. The van der Waals surface area contributed by atoms with Gasteiger partial charge in [-0.3, -0.25) is 9.59 Å². The van der Waals surface area contributed by atoms with Gasteiger partial charge in [0.2, 0.25) is 0 Å². The van der Waals surface area contributed by atoms with Crippen LogP contribution in [0.15, 0.2) is 39.9 Å². The SMILES string of the molecule is Cc1c(C(=O)N2CCCCC2C)oc2c1/C(=N/NC(=O)COc1ccccc1)CCC2. The van der Waals surface area contributed by atoms with Crippen molar-refractivity contribution in [2.75, 3.05) is 13.2 Å². The summed E-state index contributed by atoms with van der Waals surface area (Å²) < 4.78 is 11.5. The molecule has 1 atom stereocenters. The molecule has 1 fully saturated rings. The average molecular weight is 424 g/mol. The second kappa shape index (κ2) is 9.37. The third-order valence-electron chi connectivity index (χ3n) is 6.01. The minimum Gasteiger partial charge on any atom is -0.484 e. The van der Waals surface area contributed by atoms with Crippen molar-refractivity contribution < 1.29 is 18.7 Å². The van der Waals surface area contributed by atoms with Crippen molar-refractivity contribution in [3.63, 3.8) is 0 Å². The number of nitrogens with zero attached hydrogens (tertiary/aromatic N) is 2. The highest BCUT2D eigenvalue weighted by Gasteiger charge is 2.32. The zero-order valence-electron chi connectivity index (χ0n) is 18.1. The summed E-state index contributed by atoms with van der Waals surface area (Å²) in [6.07, 6.45) is 5.56. The van der Waals surface area contributed by atoms with Crippen LogP contribution in [-0.4, -0.2) is 41.6 Å². The monoisotopic (exact) mass is 423 g/mol. The molecule has 4 rings (SSSR count). The number of nitrogens with one attached hydrogen (secondary N) is 1. The highest BCUT2D eigenvalue weighted by atomic mass is 16.5. The third kappa shape index (κ3) is 4.65. The van der Waals surface area contributed by atoms with Gasteiger partial charge in [0.25, 0.3) is 11.8 Å². The number of carbonyl (C=O) groups is 2. The number of carbonyl (C=O) groups excluding carboxylic acids is 2. The summed E-state index contributed by atoms with van der Waals surface area (Å²) in [5.41, 5.74) is 5.01. The van der Waals surface area contributed by atoms with Crippen molar-refractivity contribution in [2.45, 2.75) is 58.4 Å².